The molecule has 0 fully saturated rings. The van der Waals surface area contributed by atoms with Crippen molar-refractivity contribution in [2.45, 2.75) is 17.8 Å². The molecule has 0 bridgehead atoms. The molecular weight excluding hydrogens is 278 g/mol. The lowest BCUT2D eigenvalue weighted by atomic mass is 10.2. The molecule has 2 rings (SSSR count). The molecule has 0 aliphatic rings. The molecule has 0 amide bonds. The van der Waals surface area contributed by atoms with Crippen LogP contribution in [-0.4, -0.2) is 14.9 Å². The van der Waals surface area contributed by atoms with Gasteiger partial charge in [-0.1, -0.05) is 17.8 Å². The summed E-state index contributed by atoms with van der Waals surface area (Å²) in [5.74, 6) is 5.90. The molecule has 20 heavy (non-hydrogen) atoms. The molecule has 0 atom stereocenters. The number of benzene rings is 1. The fourth-order valence-electron chi connectivity index (χ4n) is 1.55. The molecule has 104 valence electrons. The third-order valence-corrected chi connectivity index (χ3v) is 3.49. The molecule has 0 spiro atoms. The highest BCUT2D eigenvalue weighted by Crippen LogP contribution is 2.27. The summed E-state index contributed by atoms with van der Waals surface area (Å²) < 4.78 is 0. The number of aryl methyl sites for hydroxylation is 1. The Morgan fingerprint density at radius 3 is 2.70 bits per heavy atom. The number of nitrogens with zero attached hydrogens (tertiary/aromatic N) is 3. The second-order valence-electron chi connectivity index (χ2n) is 4.08. The number of nitro groups is 1. The van der Waals surface area contributed by atoms with Crippen molar-refractivity contribution in [1.82, 2.24) is 9.97 Å². The topological polar surface area (TPSA) is 107 Å². The van der Waals surface area contributed by atoms with Crippen molar-refractivity contribution < 1.29 is 4.92 Å². The number of nitro benzene ring substituents is 1. The standard InChI is InChI=1S/C12H13N5O2S/c1-8-5-14-12(15-6-8)20-7-9-2-3-11(17(18)19)10(4-9)16-13/h2-6,16H,7,13H2,1H3. The molecule has 1 aromatic carbocycles. The van der Waals surface area contributed by atoms with Crippen LogP contribution in [0.5, 0.6) is 0 Å². The Morgan fingerprint density at radius 1 is 1.40 bits per heavy atom. The van der Waals surface area contributed by atoms with E-state index in [2.05, 4.69) is 15.4 Å². The second-order valence-corrected chi connectivity index (χ2v) is 5.03. The van der Waals surface area contributed by atoms with Crippen molar-refractivity contribution in [2.75, 3.05) is 5.43 Å². The fourth-order valence-corrected chi connectivity index (χ4v) is 2.28. The summed E-state index contributed by atoms with van der Waals surface area (Å²) in [7, 11) is 0. The normalized spacial score (nSPS) is 10.3. The first-order chi connectivity index (χ1) is 9.60. The van der Waals surface area contributed by atoms with E-state index in [0.717, 1.165) is 11.1 Å². The quantitative estimate of drug-likeness (QED) is 0.286. The Balaban J connectivity index is 2.10. The monoisotopic (exact) mass is 291 g/mol. The van der Waals surface area contributed by atoms with Crippen LogP contribution in [0.15, 0.2) is 35.7 Å². The highest BCUT2D eigenvalue weighted by atomic mass is 32.2. The molecular formula is C12H13N5O2S. The highest BCUT2D eigenvalue weighted by Gasteiger charge is 2.13. The summed E-state index contributed by atoms with van der Waals surface area (Å²) in [6, 6.07) is 4.78. The van der Waals surface area contributed by atoms with Gasteiger partial charge in [0.15, 0.2) is 5.16 Å². The molecule has 3 N–H and O–H groups in total. The molecule has 0 saturated heterocycles. The maximum atomic E-state index is 10.8. The molecule has 1 aromatic heterocycles. The molecule has 7 nitrogen and oxygen atoms in total. The zero-order valence-electron chi connectivity index (χ0n) is 10.7. The van der Waals surface area contributed by atoms with Crippen LogP contribution in [-0.2, 0) is 5.75 Å². The van der Waals surface area contributed by atoms with Crippen LogP contribution in [0.4, 0.5) is 11.4 Å². The summed E-state index contributed by atoms with van der Waals surface area (Å²) in [6.45, 7) is 1.92. The van der Waals surface area contributed by atoms with Gasteiger partial charge in [0.1, 0.15) is 5.69 Å². The van der Waals surface area contributed by atoms with E-state index in [4.69, 9.17) is 5.84 Å². The van der Waals surface area contributed by atoms with Gasteiger partial charge < -0.3 is 5.43 Å². The Bertz CT molecular complexity index is 618. The average molecular weight is 291 g/mol. The maximum absolute atomic E-state index is 10.8. The molecule has 1 heterocycles. The fraction of sp³-hybridized carbons (Fsp3) is 0.167. The Labute approximate surface area is 119 Å². The van der Waals surface area contributed by atoms with E-state index in [-0.39, 0.29) is 11.4 Å². The van der Waals surface area contributed by atoms with E-state index in [1.54, 1.807) is 24.5 Å². The first-order valence-corrected chi connectivity index (χ1v) is 6.74. The summed E-state index contributed by atoms with van der Waals surface area (Å²) >= 11 is 1.45. The number of aromatic nitrogens is 2. The molecule has 2 aromatic rings. The number of hydrazine groups is 1. The summed E-state index contributed by atoms with van der Waals surface area (Å²) in [6.07, 6.45) is 3.50. The summed E-state index contributed by atoms with van der Waals surface area (Å²) in [5, 5.41) is 11.5. The van der Waals surface area contributed by atoms with Gasteiger partial charge >= 0.3 is 0 Å². The Kier molecular flexibility index (Phi) is 4.49. The van der Waals surface area contributed by atoms with Crippen molar-refractivity contribution in [3.8, 4) is 0 Å². The average Bonchev–Trinajstić information content (AvgIpc) is 2.46. The predicted octanol–water partition coefficient (Wildman–Crippen LogP) is 2.27. The van der Waals surface area contributed by atoms with Gasteiger partial charge in [-0.25, -0.2) is 9.97 Å². The van der Waals surface area contributed by atoms with Crippen LogP contribution in [0.3, 0.4) is 0 Å². The maximum Gasteiger partial charge on any atom is 0.293 e. The van der Waals surface area contributed by atoms with Gasteiger partial charge in [-0.15, -0.1) is 0 Å². The van der Waals surface area contributed by atoms with Crippen LogP contribution < -0.4 is 11.3 Å². The number of rotatable bonds is 5. The van der Waals surface area contributed by atoms with E-state index in [1.807, 2.05) is 6.92 Å². The lowest BCUT2D eigenvalue weighted by Gasteiger charge is -2.05. The first-order valence-electron chi connectivity index (χ1n) is 5.75. The van der Waals surface area contributed by atoms with Crippen LogP contribution in [0, 0.1) is 17.0 Å². The number of nitrogen functional groups attached to an aromatic ring is 1. The molecule has 0 aliphatic carbocycles. The molecule has 0 radical (unpaired) electrons. The number of hydrogen-bond donors (Lipinski definition) is 2. The number of nitrogens with one attached hydrogen (secondary N) is 1. The van der Waals surface area contributed by atoms with Gasteiger partial charge in [-0.3, -0.25) is 16.0 Å². The lowest BCUT2D eigenvalue weighted by Crippen LogP contribution is -2.09. The van der Waals surface area contributed by atoms with Gasteiger partial charge in [-0.2, -0.15) is 0 Å². The van der Waals surface area contributed by atoms with Crippen molar-refractivity contribution in [1.29, 1.82) is 0 Å². The minimum absolute atomic E-state index is 0.0483. The zero-order valence-corrected chi connectivity index (χ0v) is 11.6. The minimum atomic E-state index is -0.477. The van der Waals surface area contributed by atoms with Crippen molar-refractivity contribution in [3.63, 3.8) is 0 Å². The molecule has 0 saturated carbocycles. The van der Waals surface area contributed by atoms with Crippen LogP contribution >= 0.6 is 11.8 Å². The van der Waals surface area contributed by atoms with Gasteiger partial charge in [0.05, 0.1) is 4.92 Å². The number of anilines is 1. The molecule has 8 heteroatoms. The van der Waals surface area contributed by atoms with Gasteiger partial charge in [0.25, 0.3) is 5.69 Å². The van der Waals surface area contributed by atoms with Gasteiger partial charge in [-0.05, 0) is 24.1 Å². The second kappa shape index (κ2) is 6.31. The van der Waals surface area contributed by atoms with Gasteiger partial charge in [0, 0.05) is 24.2 Å². The van der Waals surface area contributed by atoms with E-state index in [1.165, 1.54) is 17.8 Å². The molecule has 0 unspecified atom stereocenters. The van der Waals surface area contributed by atoms with Crippen LogP contribution in [0.1, 0.15) is 11.1 Å². The first kappa shape index (κ1) is 14.2. The number of nitrogens with two attached hydrogens (primary N) is 1. The third-order valence-electron chi connectivity index (χ3n) is 2.54. The smallest absolute Gasteiger partial charge is 0.293 e. The van der Waals surface area contributed by atoms with E-state index < -0.39 is 4.92 Å². The minimum Gasteiger partial charge on any atom is -0.318 e. The SMILES string of the molecule is Cc1cnc(SCc2ccc([N+](=O)[O-])c(NN)c2)nc1. The number of hydrogen-bond acceptors (Lipinski definition) is 7. The third kappa shape index (κ3) is 3.43. The summed E-state index contributed by atoms with van der Waals surface area (Å²) in [4.78, 5) is 18.7. The van der Waals surface area contributed by atoms with Crippen LogP contribution in [0.2, 0.25) is 0 Å². The van der Waals surface area contributed by atoms with Crippen molar-refractivity contribution in [2.24, 2.45) is 5.84 Å². The van der Waals surface area contributed by atoms with E-state index >= 15 is 0 Å². The van der Waals surface area contributed by atoms with Crippen molar-refractivity contribution >= 4 is 23.1 Å². The number of thioether (sulfide) groups is 1. The Morgan fingerprint density at radius 2 is 2.10 bits per heavy atom. The Hall–Kier alpha value is -2.19. The summed E-state index contributed by atoms with van der Waals surface area (Å²) in [5.41, 5.74) is 4.48. The van der Waals surface area contributed by atoms with E-state index in [9.17, 15) is 10.1 Å². The van der Waals surface area contributed by atoms with Crippen molar-refractivity contribution in [3.05, 3.63) is 51.8 Å². The van der Waals surface area contributed by atoms with E-state index in [0.29, 0.717) is 10.9 Å². The molecule has 0 aliphatic heterocycles. The predicted molar refractivity (Wildman–Crippen MR) is 77.2 cm³/mol. The largest absolute Gasteiger partial charge is 0.318 e. The highest BCUT2D eigenvalue weighted by molar-refractivity contribution is 7.98. The lowest BCUT2D eigenvalue weighted by molar-refractivity contribution is -0.384. The van der Waals surface area contributed by atoms with Crippen LogP contribution in [0.25, 0.3) is 0 Å². The van der Waals surface area contributed by atoms with Gasteiger partial charge in [0.2, 0.25) is 0 Å². The zero-order chi connectivity index (χ0) is 14.5.